The van der Waals surface area contributed by atoms with Crippen LogP contribution in [-0.2, 0) is 0 Å². The van der Waals surface area contributed by atoms with Crippen LogP contribution in [0.25, 0.3) is 0 Å². The molecular weight excluding hydrogens is 143 g/mol. The van der Waals surface area contributed by atoms with Crippen molar-refractivity contribution in [2.45, 2.75) is 26.6 Å². The van der Waals surface area contributed by atoms with Crippen molar-refractivity contribution < 1.29 is 0 Å². The molecule has 66 valence electrons. The second-order valence-electron chi connectivity index (χ2n) is 4.09. The van der Waals surface area contributed by atoms with Crippen molar-refractivity contribution in [3.8, 4) is 0 Å². The molecule has 1 fully saturated rings. The first-order valence-electron chi connectivity index (χ1n) is 4.97. The van der Waals surface area contributed by atoms with Crippen LogP contribution in [0.4, 0.5) is 0 Å². The average molecular weight is 162 g/mol. The van der Waals surface area contributed by atoms with Crippen molar-refractivity contribution in [1.29, 1.82) is 0 Å². The molecule has 0 aromatic heterocycles. The molecule has 12 heavy (non-hydrogen) atoms. The minimum absolute atomic E-state index is 0.647. The molecule has 0 bridgehead atoms. The summed E-state index contributed by atoms with van der Waals surface area (Å²) in [5.41, 5.74) is 2.61. The van der Waals surface area contributed by atoms with Crippen molar-refractivity contribution in [2.24, 2.45) is 17.8 Å². The maximum atomic E-state index is 4.14. The van der Waals surface area contributed by atoms with Crippen molar-refractivity contribution in [1.82, 2.24) is 0 Å². The molecule has 0 heterocycles. The number of hydrogen-bond donors (Lipinski definition) is 0. The lowest BCUT2D eigenvalue weighted by molar-refractivity contribution is 0.379. The van der Waals surface area contributed by atoms with Gasteiger partial charge in [-0.05, 0) is 28.9 Å². The van der Waals surface area contributed by atoms with Gasteiger partial charge < -0.3 is 0 Å². The van der Waals surface area contributed by atoms with E-state index in [0.717, 1.165) is 5.92 Å². The second-order valence-corrected chi connectivity index (χ2v) is 4.09. The predicted molar refractivity (Wildman–Crippen MR) is 58.1 cm³/mol. The highest BCUT2D eigenvalue weighted by Gasteiger charge is 2.34. The maximum Gasteiger partial charge on any atom is 0.101 e. The molecular formula is C11H19B. The Hall–Kier alpha value is -0.455. The van der Waals surface area contributed by atoms with Crippen molar-refractivity contribution in [3.05, 3.63) is 24.3 Å². The lowest BCUT2D eigenvalue weighted by Gasteiger charge is -2.16. The van der Waals surface area contributed by atoms with Crippen LogP contribution in [0.1, 0.15) is 20.3 Å². The Balaban J connectivity index is 2.76. The Bertz CT molecular complexity index is 205. The van der Waals surface area contributed by atoms with E-state index >= 15 is 0 Å². The first-order valence-corrected chi connectivity index (χ1v) is 4.97. The Kier molecular flexibility index (Phi) is 2.82. The third-order valence-electron chi connectivity index (χ3n) is 3.43. The van der Waals surface area contributed by atoms with Crippen LogP contribution in [0.2, 0.25) is 6.32 Å². The molecule has 0 saturated heterocycles. The Morgan fingerprint density at radius 3 is 2.17 bits per heavy atom. The van der Waals surface area contributed by atoms with Crippen LogP contribution in [0.5, 0.6) is 0 Å². The molecule has 0 amide bonds. The molecule has 3 unspecified atom stereocenters. The highest BCUT2D eigenvalue weighted by atomic mass is 14.4. The summed E-state index contributed by atoms with van der Waals surface area (Å²) in [7, 11) is 2.24. The highest BCUT2D eigenvalue weighted by molar-refractivity contribution is 6.08. The fourth-order valence-corrected chi connectivity index (χ4v) is 2.26. The van der Waals surface area contributed by atoms with E-state index in [4.69, 9.17) is 0 Å². The van der Waals surface area contributed by atoms with E-state index < -0.39 is 0 Å². The van der Waals surface area contributed by atoms with Crippen molar-refractivity contribution >= 4 is 7.85 Å². The second kappa shape index (κ2) is 3.51. The lowest BCUT2D eigenvalue weighted by atomic mass is 9.84. The van der Waals surface area contributed by atoms with Gasteiger partial charge in [0.15, 0.2) is 0 Å². The van der Waals surface area contributed by atoms with E-state index in [2.05, 4.69) is 34.9 Å². The van der Waals surface area contributed by atoms with Gasteiger partial charge in [0.2, 0.25) is 0 Å². The molecule has 1 aliphatic carbocycles. The molecule has 0 N–H and O–H groups in total. The zero-order valence-electron chi connectivity index (χ0n) is 8.56. The Labute approximate surface area is 77.2 Å². The molecule has 1 saturated carbocycles. The van der Waals surface area contributed by atoms with Gasteiger partial charge in [-0.3, -0.25) is 0 Å². The van der Waals surface area contributed by atoms with Crippen molar-refractivity contribution in [2.75, 3.05) is 0 Å². The quantitative estimate of drug-likeness (QED) is 0.547. The maximum absolute atomic E-state index is 4.14. The Morgan fingerprint density at radius 2 is 1.83 bits per heavy atom. The van der Waals surface area contributed by atoms with Gasteiger partial charge in [-0.1, -0.05) is 39.7 Å². The van der Waals surface area contributed by atoms with Gasteiger partial charge in [0, 0.05) is 0 Å². The zero-order valence-corrected chi connectivity index (χ0v) is 8.56. The minimum Gasteiger partial charge on any atom is -0.0953 e. The first kappa shape index (κ1) is 9.63. The smallest absolute Gasteiger partial charge is 0.0953 e. The van der Waals surface area contributed by atoms with Crippen LogP contribution in [0, 0.1) is 17.8 Å². The summed E-state index contributed by atoms with van der Waals surface area (Å²) in [5.74, 6) is 2.11. The van der Waals surface area contributed by atoms with E-state index in [9.17, 15) is 0 Å². The van der Waals surface area contributed by atoms with Gasteiger partial charge in [0.1, 0.15) is 7.85 Å². The molecule has 1 heteroatoms. The molecule has 0 aromatic carbocycles. The monoisotopic (exact) mass is 162 g/mol. The number of hydrogen-bond acceptors (Lipinski definition) is 0. The number of rotatable bonds is 2. The van der Waals surface area contributed by atoms with Gasteiger partial charge in [-0.25, -0.2) is 0 Å². The molecule has 1 aliphatic rings. The normalized spacial score (nSPS) is 36.0. The third kappa shape index (κ3) is 1.37. The lowest BCUT2D eigenvalue weighted by Crippen LogP contribution is -2.09. The summed E-state index contributed by atoms with van der Waals surface area (Å²) in [6, 6.07) is 0. The molecule has 3 atom stereocenters. The van der Waals surface area contributed by atoms with E-state index in [1.807, 2.05) is 0 Å². The van der Waals surface area contributed by atoms with Gasteiger partial charge in [0.25, 0.3) is 0 Å². The molecule has 0 radical (unpaired) electrons. The summed E-state index contributed by atoms with van der Waals surface area (Å²) in [6.45, 7) is 12.8. The fraction of sp³-hybridized carbons (Fsp3) is 0.636. The zero-order chi connectivity index (χ0) is 9.30. The summed E-state index contributed by atoms with van der Waals surface area (Å²) >= 11 is 0. The van der Waals surface area contributed by atoms with Gasteiger partial charge in [-0.15, -0.1) is 0 Å². The SMILES string of the molecule is BCCC1C(=C)C(=C)C(C)C1C. The fourth-order valence-electron chi connectivity index (χ4n) is 2.26. The van der Waals surface area contributed by atoms with Crippen molar-refractivity contribution in [3.63, 3.8) is 0 Å². The molecule has 1 rings (SSSR count). The summed E-state index contributed by atoms with van der Waals surface area (Å²) < 4.78 is 0. The summed E-state index contributed by atoms with van der Waals surface area (Å²) in [6.07, 6.45) is 2.54. The highest BCUT2D eigenvalue weighted by Crippen LogP contribution is 2.45. The molecule has 0 nitrogen and oxygen atoms in total. The Morgan fingerprint density at radius 1 is 1.25 bits per heavy atom. The number of allylic oxidation sites excluding steroid dienone is 2. The topological polar surface area (TPSA) is 0 Å². The molecule has 0 aliphatic heterocycles. The summed E-state index contributed by atoms with van der Waals surface area (Å²) in [4.78, 5) is 0. The average Bonchev–Trinajstić information content (AvgIpc) is 2.23. The van der Waals surface area contributed by atoms with Crippen LogP contribution >= 0.6 is 0 Å². The summed E-state index contributed by atoms with van der Waals surface area (Å²) in [5, 5.41) is 0. The van der Waals surface area contributed by atoms with Gasteiger partial charge in [0.05, 0.1) is 0 Å². The van der Waals surface area contributed by atoms with Crippen LogP contribution in [0.3, 0.4) is 0 Å². The predicted octanol–water partition coefficient (Wildman–Crippen LogP) is 2.44. The first-order chi connectivity index (χ1) is 5.59. The van der Waals surface area contributed by atoms with Crippen LogP contribution in [-0.4, -0.2) is 7.85 Å². The van der Waals surface area contributed by atoms with Gasteiger partial charge >= 0.3 is 0 Å². The van der Waals surface area contributed by atoms with E-state index in [-0.39, 0.29) is 0 Å². The van der Waals surface area contributed by atoms with E-state index in [0.29, 0.717) is 11.8 Å². The van der Waals surface area contributed by atoms with E-state index in [1.54, 1.807) is 0 Å². The minimum atomic E-state index is 0.647. The third-order valence-corrected chi connectivity index (χ3v) is 3.43. The molecule has 0 aromatic rings. The molecule has 0 spiro atoms. The van der Waals surface area contributed by atoms with Crippen LogP contribution < -0.4 is 0 Å². The van der Waals surface area contributed by atoms with Crippen LogP contribution in [0.15, 0.2) is 24.3 Å². The largest absolute Gasteiger partial charge is 0.101 e. The standard InChI is InChI=1S/C11H19B/c1-7-8(2)10(4)11(5-6-12)9(7)3/h8,10-11H,1,3,5-6,12H2,2,4H3. The van der Waals surface area contributed by atoms with E-state index in [1.165, 1.54) is 23.9 Å². The van der Waals surface area contributed by atoms with Gasteiger partial charge in [-0.2, -0.15) is 0 Å².